The normalized spacial score (nSPS) is 21.8. The molecule has 2 N–H and O–H groups in total. The highest BCUT2D eigenvalue weighted by atomic mass is 32.2. The fourth-order valence-electron chi connectivity index (χ4n) is 1.84. The fourth-order valence-corrected chi connectivity index (χ4v) is 2.97. The zero-order valence-electron chi connectivity index (χ0n) is 10.6. The van der Waals surface area contributed by atoms with Crippen LogP contribution in [0, 0.1) is 0 Å². The second-order valence-corrected chi connectivity index (χ2v) is 6.89. The summed E-state index contributed by atoms with van der Waals surface area (Å²) in [5.41, 5.74) is -1.41. The van der Waals surface area contributed by atoms with Gasteiger partial charge in [-0.05, 0) is 26.7 Å². The number of carbonyl (C=O) groups is 2. The standard InChI is InChI=1S/C10H18N2O5S/c1-10(2,9(14)15)11-8(13)7-5-4-6-12(7)18(3,16)17/h7H,4-6H2,1-3H3,(H,11,13)(H,14,15). The molecule has 8 heteroatoms. The highest BCUT2D eigenvalue weighted by Crippen LogP contribution is 2.21. The number of carbonyl (C=O) groups excluding carboxylic acids is 1. The number of hydrogen-bond acceptors (Lipinski definition) is 4. The Hall–Kier alpha value is -1.15. The van der Waals surface area contributed by atoms with Crippen LogP contribution in [0.5, 0.6) is 0 Å². The second-order valence-electron chi connectivity index (χ2n) is 4.95. The molecule has 7 nitrogen and oxygen atoms in total. The molecule has 1 atom stereocenters. The molecule has 1 fully saturated rings. The van der Waals surface area contributed by atoms with Gasteiger partial charge in [-0.15, -0.1) is 0 Å². The maximum Gasteiger partial charge on any atom is 0.328 e. The Labute approximate surface area is 106 Å². The molecule has 1 aliphatic rings. The van der Waals surface area contributed by atoms with Crippen molar-refractivity contribution in [2.45, 2.75) is 38.3 Å². The molecule has 1 amide bonds. The average molecular weight is 278 g/mol. The van der Waals surface area contributed by atoms with E-state index >= 15 is 0 Å². The van der Waals surface area contributed by atoms with Crippen LogP contribution in [0.15, 0.2) is 0 Å². The van der Waals surface area contributed by atoms with Crippen LogP contribution >= 0.6 is 0 Å². The number of nitrogens with one attached hydrogen (secondary N) is 1. The molecule has 0 bridgehead atoms. The van der Waals surface area contributed by atoms with E-state index in [1.807, 2.05) is 0 Å². The van der Waals surface area contributed by atoms with Crippen molar-refractivity contribution in [1.82, 2.24) is 9.62 Å². The first kappa shape index (κ1) is 14.9. The van der Waals surface area contributed by atoms with E-state index in [0.717, 1.165) is 10.6 Å². The van der Waals surface area contributed by atoms with Gasteiger partial charge >= 0.3 is 5.97 Å². The van der Waals surface area contributed by atoms with Crippen LogP contribution in [0.2, 0.25) is 0 Å². The predicted octanol–water partition coefficient (Wildman–Crippen LogP) is -0.610. The molecule has 1 aliphatic heterocycles. The summed E-state index contributed by atoms with van der Waals surface area (Å²) in [6.45, 7) is 3.00. The molecular weight excluding hydrogens is 260 g/mol. The number of amides is 1. The van der Waals surface area contributed by atoms with E-state index in [1.54, 1.807) is 0 Å². The van der Waals surface area contributed by atoms with Gasteiger partial charge in [-0.3, -0.25) is 4.79 Å². The molecule has 1 saturated heterocycles. The lowest BCUT2D eigenvalue weighted by atomic mass is 10.1. The van der Waals surface area contributed by atoms with Gasteiger partial charge in [0.2, 0.25) is 15.9 Å². The first-order valence-electron chi connectivity index (χ1n) is 5.58. The number of nitrogens with zero attached hydrogens (tertiary/aromatic N) is 1. The summed E-state index contributed by atoms with van der Waals surface area (Å²) in [6, 6.07) is -0.807. The van der Waals surface area contributed by atoms with E-state index in [2.05, 4.69) is 5.32 Å². The number of sulfonamides is 1. The van der Waals surface area contributed by atoms with Crippen LogP contribution in [-0.2, 0) is 19.6 Å². The molecule has 0 spiro atoms. The number of carboxylic acids is 1. The minimum atomic E-state index is -3.45. The highest BCUT2D eigenvalue weighted by Gasteiger charge is 2.39. The van der Waals surface area contributed by atoms with Crippen molar-refractivity contribution in [3.05, 3.63) is 0 Å². The SMILES string of the molecule is CC(C)(NC(=O)C1CCCN1S(C)(=O)=O)C(=O)O. The summed E-state index contributed by atoms with van der Waals surface area (Å²) < 4.78 is 24.1. The summed E-state index contributed by atoms with van der Waals surface area (Å²) >= 11 is 0. The first-order valence-corrected chi connectivity index (χ1v) is 7.43. The third-order valence-electron chi connectivity index (χ3n) is 2.90. The van der Waals surface area contributed by atoms with Crippen molar-refractivity contribution in [3.8, 4) is 0 Å². The Morgan fingerprint density at radius 2 is 1.94 bits per heavy atom. The number of aliphatic carboxylic acids is 1. The Morgan fingerprint density at radius 3 is 2.39 bits per heavy atom. The molecule has 104 valence electrons. The van der Waals surface area contributed by atoms with Gasteiger partial charge in [0.15, 0.2) is 0 Å². The third kappa shape index (κ3) is 3.20. The number of carboxylic acid groups (broad SMARTS) is 1. The van der Waals surface area contributed by atoms with Crippen LogP contribution in [0.4, 0.5) is 0 Å². The molecule has 1 rings (SSSR count). The second kappa shape index (κ2) is 4.85. The van der Waals surface area contributed by atoms with Crippen LogP contribution in [0.25, 0.3) is 0 Å². The van der Waals surface area contributed by atoms with Gasteiger partial charge in [0.25, 0.3) is 0 Å². The summed E-state index contributed by atoms with van der Waals surface area (Å²) in [4.78, 5) is 22.8. The van der Waals surface area contributed by atoms with Crippen molar-refractivity contribution < 1.29 is 23.1 Å². The van der Waals surface area contributed by atoms with Crippen LogP contribution in [-0.4, -0.2) is 54.1 Å². The molecule has 0 aromatic heterocycles. The van der Waals surface area contributed by atoms with Gasteiger partial charge in [-0.2, -0.15) is 4.31 Å². The molecular formula is C10H18N2O5S. The van der Waals surface area contributed by atoms with Gasteiger partial charge in [0.05, 0.1) is 6.26 Å². The highest BCUT2D eigenvalue weighted by molar-refractivity contribution is 7.88. The Bertz CT molecular complexity index is 457. The van der Waals surface area contributed by atoms with Gasteiger partial charge in [0, 0.05) is 6.54 Å². The molecule has 0 radical (unpaired) electrons. The number of hydrogen-bond donors (Lipinski definition) is 2. The Balaban J connectivity index is 2.82. The van der Waals surface area contributed by atoms with Gasteiger partial charge in [0.1, 0.15) is 11.6 Å². The lowest BCUT2D eigenvalue weighted by Gasteiger charge is -2.26. The lowest BCUT2D eigenvalue weighted by Crippen LogP contribution is -2.55. The van der Waals surface area contributed by atoms with Gasteiger partial charge in [-0.25, -0.2) is 13.2 Å². The van der Waals surface area contributed by atoms with Gasteiger partial charge < -0.3 is 10.4 Å². The molecule has 1 unspecified atom stereocenters. The molecule has 1 heterocycles. The van der Waals surface area contributed by atoms with Crippen LogP contribution in [0.3, 0.4) is 0 Å². The summed E-state index contributed by atoms with van der Waals surface area (Å²) in [7, 11) is -3.45. The van der Waals surface area contributed by atoms with Crippen LogP contribution in [0.1, 0.15) is 26.7 Å². The monoisotopic (exact) mass is 278 g/mol. The van der Waals surface area contributed by atoms with E-state index in [-0.39, 0.29) is 0 Å². The lowest BCUT2D eigenvalue weighted by molar-refractivity contribution is -0.146. The van der Waals surface area contributed by atoms with Crippen molar-refractivity contribution in [1.29, 1.82) is 0 Å². The van der Waals surface area contributed by atoms with Crippen molar-refractivity contribution >= 4 is 21.9 Å². The van der Waals surface area contributed by atoms with E-state index in [0.29, 0.717) is 19.4 Å². The average Bonchev–Trinajstić information content (AvgIpc) is 2.63. The molecule has 18 heavy (non-hydrogen) atoms. The molecule has 0 aromatic rings. The molecule has 0 aliphatic carbocycles. The fraction of sp³-hybridized carbons (Fsp3) is 0.800. The minimum Gasteiger partial charge on any atom is -0.480 e. The van der Waals surface area contributed by atoms with Crippen molar-refractivity contribution in [3.63, 3.8) is 0 Å². The first-order chi connectivity index (χ1) is 8.05. The van der Waals surface area contributed by atoms with Gasteiger partial charge in [-0.1, -0.05) is 0 Å². The smallest absolute Gasteiger partial charge is 0.328 e. The largest absolute Gasteiger partial charge is 0.480 e. The number of rotatable bonds is 4. The molecule has 0 aromatic carbocycles. The topological polar surface area (TPSA) is 104 Å². The summed E-state index contributed by atoms with van der Waals surface area (Å²) in [5, 5.41) is 11.3. The summed E-state index contributed by atoms with van der Waals surface area (Å²) in [6.07, 6.45) is 2.05. The quantitative estimate of drug-likeness (QED) is 0.714. The molecule has 0 saturated carbocycles. The van der Waals surface area contributed by atoms with E-state index in [4.69, 9.17) is 5.11 Å². The van der Waals surface area contributed by atoms with Crippen LogP contribution < -0.4 is 5.32 Å². The van der Waals surface area contributed by atoms with E-state index in [9.17, 15) is 18.0 Å². The van der Waals surface area contributed by atoms with Crippen molar-refractivity contribution in [2.24, 2.45) is 0 Å². The minimum absolute atomic E-state index is 0.296. The Kier molecular flexibility index (Phi) is 4.02. The van der Waals surface area contributed by atoms with Crippen molar-refractivity contribution in [2.75, 3.05) is 12.8 Å². The van der Waals surface area contributed by atoms with E-state index < -0.39 is 33.5 Å². The maximum absolute atomic E-state index is 11.9. The zero-order valence-corrected chi connectivity index (χ0v) is 11.5. The zero-order chi connectivity index (χ0) is 14.1. The summed E-state index contributed by atoms with van der Waals surface area (Å²) in [5.74, 6) is -1.73. The Morgan fingerprint density at radius 1 is 1.39 bits per heavy atom. The maximum atomic E-state index is 11.9. The predicted molar refractivity (Wildman–Crippen MR) is 64.4 cm³/mol. The third-order valence-corrected chi connectivity index (χ3v) is 4.19. The van der Waals surface area contributed by atoms with E-state index in [1.165, 1.54) is 13.8 Å².